The highest BCUT2D eigenvalue weighted by Gasteiger charge is 2.16. The number of benzene rings is 1. The first kappa shape index (κ1) is 22.8. The smallest absolute Gasteiger partial charge is 0.360 e. The van der Waals surface area contributed by atoms with E-state index in [0.29, 0.717) is 18.1 Å². The van der Waals surface area contributed by atoms with Crippen molar-refractivity contribution in [1.82, 2.24) is 9.88 Å². The monoisotopic (exact) mass is 420 g/mol. The zero-order valence-electron chi connectivity index (χ0n) is 18.4. The topological polar surface area (TPSA) is 51.7 Å². The molecule has 2 heterocycles. The molecule has 0 saturated carbocycles. The van der Waals surface area contributed by atoms with E-state index in [-0.39, 0.29) is 5.69 Å². The van der Waals surface area contributed by atoms with Crippen LogP contribution in [0, 0.1) is 11.8 Å². The summed E-state index contributed by atoms with van der Waals surface area (Å²) in [6, 6.07) is 13.3. The highest BCUT2D eigenvalue weighted by Crippen LogP contribution is 2.19. The fourth-order valence-electron chi connectivity index (χ4n) is 3.69. The molecule has 31 heavy (non-hydrogen) atoms. The first-order chi connectivity index (χ1) is 15.3. The number of aromatic nitrogens is 1. The normalized spacial score (nSPS) is 14.6. The van der Waals surface area contributed by atoms with Gasteiger partial charge in [-0.1, -0.05) is 55.5 Å². The third kappa shape index (κ3) is 7.73. The third-order valence-corrected chi connectivity index (χ3v) is 5.42. The summed E-state index contributed by atoms with van der Waals surface area (Å²) in [6.07, 6.45) is 8.59. The lowest BCUT2D eigenvalue weighted by molar-refractivity contribution is 0.0588. The van der Waals surface area contributed by atoms with Gasteiger partial charge in [-0.25, -0.2) is 9.78 Å². The van der Waals surface area contributed by atoms with Gasteiger partial charge in [0.25, 0.3) is 0 Å². The summed E-state index contributed by atoms with van der Waals surface area (Å²) in [4.78, 5) is 19.1. The molecule has 3 rings (SSSR count). The predicted octanol–water partition coefficient (Wildman–Crippen LogP) is 4.85. The minimum absolute atomic E-state index is 0.158. The van der Waals surface area contributed by atoms with Crippen LogP contribution in [0.4, 0.5) is 0 Å². The number of ether oxygens (including phenoxy) is 2. The van der Waals surface area contributed by atoms with E-state index in [1.165, 1.54) is 52.3 Å². The van der Waals surface area contributed by atoms with E-state index in [1.54, 1.807) is 12.1 Å². The number of carbonyl (C=O) groups is 1. The van der Waals surface area contributed by atoms with Crippen molar-refractivity contribution in [2.75, 3.05) is 26.7 Å². The number of pyridine rings is 1. The molecule has 0 atom stereocenters. The molecule has 5 heteroatoms. The summed E-state index contributed by atoms with van der Waals surface area (Å²) in [5, 5.41) is 0. The lowest BCUT2D eigenvalue weighted by atomic mass is 10.1. The number of hydrogen-bond donors (Lipinski definition) is 0. The molecular formula is C26H32N2O3. The zero-order chi connectivity index (χ0) is 21.7. The maximum absolute atomic E-state index is 12.2. The summed E-state index contributed by atoms with van der Waals surface area (Å²) >= 11 is 0. The van der Waals surface area contributed by atoms with Gasteiger partial charge >= 0.3 is 5.97 Å². The highest BCUT2D eigenvalue weighted by atomic mass is 16.5. The largest absolute Gasteiger partial charge is 0.486 e. The Morgan fingerprint density at radius 1 is 1.03 bits per heavy atom. The number of esters is 1. The van der Waals surface area contributed by atoms with Crippen molar-refractivity contribution in [2.45, 2.75) is 51.6 Å². The van der Waals surface area contributed by atoms with Crippen LogP contribution in [0.15, 0.2) is 42.5 Å². The molecule has 1 fully saturated rings. The Kier molecular flexibility index (Phi) is 9.40. The van der Waals surface area contributed by atoms with Crippen LogP contribution in [-0.2, 0) is 11.3 Å². The Balaban J connectivity index is 1.55. The summed E-state index contributed by atoms with van der Waals surface area (Å²) in [6.45, 7) is 3.87. The minimum Gasteiger partial charge on any atom is -0.486 e. The second kappa shape index (κ2) is 12.8. The molecule has 0 spiro atoms. The van der Waals surface area contributed by atoms with Gasteiger partial charge in [-0.05, 0) is 62.5 Å². The average Bonchev–Trinajstić information content (AvgIpc) is 2.79. The molecule has 1 aliphatic heterocycles. The highest BCUT2D eigenvalue weighted by molar-refractivity contribution is 5.90. The fraction of sp³-hybridized carbons (Fsp3) is 0.462. The molecule has 0 unspecified atom stereocenters. The second-order valence-corrected chi connectivity index (χ2v) is 7.82. The minimum atomic E-state index is -0.524. The van der Waals surface area contributed by atoms with Gasteiger partial charge in [0.1, 0.15) is 12.3 Å². The molecule has 1 aromatic carbocycles. The molecule has 1 aromatic heterocycles. The lowest BCUT2D eigenvalue weighted by Gasteiger charge is -2.23. The van der Waals surface area contributed by atoms with Gasteiger partial charge in [0.2, 0.25) is 0 Å². The van der Waals surface area contributed by atoms with Crippen LogP contribution >= 0.6 is 0 Å². The second-order valence-electron chi connectivity index (χ2n) is 7.82. The van der Waals surface area contributed by atoms with Crippen molar-refractivity contribution in [3.63, 3.8) is 0 Å². The van der Waals surface area contributed by atoms with Crippen LogP contribution in [0.1, 0.15) is 66.7 Å². The third-order valence-electron chi connectivity index (χ3n) is 5.42. The van der Waals surface area contributed by atoms with Crippen molar-refractivity contribution in [2.24, 2.45) is 0 Å². The predicted molar refractivity (Wildman–Crippen MR) is 122 cm³/mol. The van der Waals surface area contributed by atoms with Crippen molar-refractivity contribution < 1.29 is 14.3 Å². The molecule has 0 radical (unpaired) electrons. The van der Waals surface area contributed by atoms with Crippen molar-refractivity contribution in [3.8, 4) is 17.6 Å². The SMILES string of the molecule is COC(=O)c1nc(C#CCCCN2CCCCCCC2)ccc1OCc1ccccc1. The van der Waals surface area contributed by atoms with E-state index in [0.717, 1.165) is 24.9 Å². The Morgan fingerprint density at radius 3 is 2.52 bits per heavy atom. The number of methoxy groups -OCH3 is 1. The van der Waals surface area contributed by atoms with E-state index in [4.69, 9.17) is 9.47 Å². The van der Waals surface area contributed by atoms with Gasteiger partial charge in [-0.15, -0.1) is 0 Å². The van der Waals surface area contributed by atoms with Gasteiger partial charge in [0, 0.05) is 6.42 Å². The van der Waals surface area contributed by atoms with Crippen molar-refractivity contribution in [1.29, 1.82) is 0 Å². The molecule has 1 aliphatic rings. The van der Waals surface area contributed by atoms with Gasteiger partial charge < -0.3 is 14.4 Å². The zero-order valence-corrected chi connectivity index (χ0v) is 18.4. The molecule has 164 valence electrons. The van der Waals surface area contributed by atoms with E-state index in [2.05, 4.69) is 21.7 Å². The van der Waals surface area contributed by atoms with Crippen LogP contribution in [0.3, 0.4) is 0 Å². The van der Waals surface area contributed by atoms with Gasteiger partial charge in [-0.3, -0.25) is 0 Å². The number of hydrogen-bond acceptors (Lipinski definition) is 5. The number of likely N-dealkylation sites (tertiary alicyclic amines) is 1. The summed E-state index contributed by atoms with van der Waals surface area (Å²) in [7, 11) is 1.34. The van der Waals surface area contributed by atoms with E-state index < -0.39 is 5.97 Å². The number of unbranched alkanes of at least 4 members (excludes halogenated alkanes) is 1. The van der Waals surface area contributed by atoms with Crippen LogP contribution in [-0.4, -0.2) is 42.6 Å². The van der Waals surface area contributed by atoms with Crippen LogP contribution in [0.5, 0.6) is 5.75 Å². The standard InChI is InChI=1S/C26H32N2O3/c1-30-26(29)25-24(31-21-22-13-7-5-8-14-22)17-16-23(27-25)15-9-6-12-20-28-18-10-3-2-4-11-19-28/h5,7-8,13-14,16-17H,2-4,6,10-12,18-21H2,1H3. The summed E-state index contributed by atoms with van der Waals surface area (Å²) in [5.41, 5.74) is 1.73. The summed E-state index contributed by atoms with van der Waals surface area (Å²) < 4.78 is 10.7. The van der Waals surface area contributed by atoms with E-state index in [9.17, 15) is 4.79 Å². The number of nitrogens with zero attached hydrogens (tertiary/aromatic N) is 2. The van der Waals surface area contributed by atoms with Crippen LogP contribution < -0.4 is 4.74 Å². The quantitative estimate of drug-likeness (QED) is 0.364. The molecule has 2 aromatic rings. The lowest BCUT2D eigenvalue weighted by Crippen LogP contribution is -2.28. The Bertz CT molecular complexity index is 879. The van der Waals surface area contributed by atoms with Crippen LogP contribution in [0.2, 0.25) is 0 Å². The van der Waals surface area contributed by atoms with Gasteiger partial charge in [-0.2, -0.15) is 0 Å². The average molecular weight is 421 g/mol. The van der Waals surface area contributed by atoms with Crippen molar-refractivity contribution >= 4 is 5.97 Å². The van der Waals surface area contributed by atoms with E-state index >= 15 is 0 Å². The Morgan fingerprint density at radius 2 is 1.77 bits per heavy atom. The van der Waals surface area contributed by atoms with Gasteiger partial charge in [0.15, 0.2) is 11.4 Å². The Hall–Kier alpha value is -2.84. The molecule has 0 aliphatic carbocycles. The fourth-order valence-corrected chi connectivity index (χ4v) is 3.69. The maximum atomic E-state index is 12.2. The molecule has 0 N–H and O–H groups in total. The van der Waals surface area contributed by atoms with Gasteiger partial charge in [0.05, 0.1) is 7.11 Å². The molecule has 0 amide bonds. The van der Waals surface area contributed by atoms with E-state index in [1.807, 2.05) is 30.3 Å². The van der Waals surface area contributed by atoms with Crippen molar-refractivity contribution in [3.05, 3.63) is 59.4 Å². The molecule has 1 saturated heterocycles. The van der Waals surface area contributed by atoms with Crippen LogP contribution in [0.25, 0.3) is 0 Å². The molecular weight excluding hydrogens is 388 g/mol. The Labute approximate surface area is 185 Å². The molecule has 0 bridgehead atoms. The first-order valence-corrected chi connectivity index (χ1v) is 11.2. The number of carbonyl (C=O) groups excluding carboxylic acids is 1. The molecule has 5 nitrogen and oxygen atoms in total. The maximum Gasteiger partial charge on any atom is 0.360 e. The number of rotatable bonds is 7. The first-order valence-electron chi connectivity index (χ1n) is 11.2. The summed E-state index contributed by atoms with van der Waals surface area (Å²) in [5.74, 6) is 6.16.